The Bertz CT molecular complexity index is 1250. The summed E-state index contributed by atoms with van der Waals surface area (Å²) < 4.78 is 13.9. The second kappa shape index (κ2) is 10.9. The molecule has 178 valence electrons. The molecule has 2 aromatic carbocycles. The first-order valence-electron chi connectivity index (χ1n) is 11.5. The average molecular weight is 470 g/mol. The fraction of sp³-hybridized carbons (Fsp3) is 0.214. The number of aryl methyl sites for hydroxylation is 1. The number of nitrogens with one attached hydrogen (secondary N) is 1. The zero-order valence-electron chi connectivity index (χ0n) is 19.7. The molecular formula is C28H28FN5O. The van der Waals surface area contributed by atoms with E-state index in [1.807, 2.05) is 35.2 Å². The molecular weight excluding hydrogens is 441 g/mol. The summed E-state index contributed by atoms with van der Waals surface area (Å²) in [6.45, 7) is 8.33. The molecule has 3 aromatic rings. The molecule has 0 saturated carbocycles. The van der Waals surface area contributed by atoms with Gasteiger partial charge in [-0.25, -0.2) is 14.4 Å². The van der Waals surface area contributed by atoms with Crippen LogP contribution in [0, 0.1) is 18.2 Å². The third kappa shape index (κ3) is 5.87. The van der Waals surface area contributed by atoms with Gasteiger partial charge in [-0.05, 0) is 59.0 Å². The molecule has 1 aliphatic heterocycles. The first kappa shape index (κ1) is 24.0. The van der Waals surface area contributed by atoms with Crippen LogP contribution in [-0.2, 0) is 4.79 Å². The number of carbonyl (C=O) groups is 1. The molecule has 1 saturated heterocycles. The van der Waals surface area contributed by atoms with Crippen LogP contribution in [0.3, 0.4) is 0 Å². The van der Waals surface area contributed by atoms with Crippen molar-refractivity contribution in [3.63, 3.8) is 0 Å². The van der Waals surface area contributed by atoms with Crippen LogP contribution in [0.15, 0.2) is 85.2 Å². The monoisotopic (exact) mass is 469 g/mol. The molecule has 1 amide bonds. The van der Waals surface area contributed by atoms with E-state index in [0.29, 0.717) is 54.5 Å². The number of benzene rings is 2. The van der Waals surface area contributed by atoms with Gasteiger partial charge in [-0.3, -0.25) is 4.79 Å². The first-order chi connectivity index (χ1) is 16.9. The number of hydrogen-bond acceptors (Lipinski definition) is 5. The lowest BCUT2D eigenvalue weighted by atomic mass is 9.92. The van der Waals surface area contributed by atoms with E-state index in [1.54, 1.807) is 43.6 Å². The number of amides is 1. The zero-order valence-corrected chi connectivity index (χ0v) is 19.7. The summed E-state index contributed by atoms with van der Waals surface area (Å²) in [4.78, 5) is 25.6. The Labute approximate surface area is 205 Å². The van der Waals surface area contributed by atoms with Crippen molar-refractivity contribution in [2.75, 3.05) is 31.1 Å². The molecule has 0 aliphatic carbocycles. The van der Waals surface area contributed by atoms with E-state index in [-0.39, 0.29) is 18.1 Å². The van der Waals surface area contributed by atoms with E-state index >= 15 is 0 Å². The Morgan fingerprint density at radius 3 is 2.37 bits per heavy atom. The number of halogens is 1. The van der Waals surface area contributed by atoms with Crippen molar-refractivity contribution in [3.05, 3.63) is 108 Å². The Hall–Kier alpha value is -4.13. The molecule has 0 spiro atoms. The maximum atomic E-state index is 13.9. The number of carbonyl (C=O) groups excluding carboxylic acids is 1. The smallest absolute Gasteiger partial charge is 0.227 e. The lowest BCUT2D eigenvalue weighted by Gasteiger charge is -2.35. The van der Waals surface area contributed by atoms with Gasteiger partial charge in [-0.2, -0.15) is 0 Å². The quantitative estimate of drug-likeness (QED) is 0.403. The minimum absolute atomic E-state index is 0.0281. The van der Waals surface area contributed by atoms with E-state index in [2.05, 4.69) is 21.4 Å². The summed E-state index contributed by atoms with van der Waals surface area (Å²) in [5.41, 5.74) is 3.53. The van der Waals surface area contributed by atoms with E-state index in [9.17, 15) is 9.18 Å². The molecule has 7 heteroatoms. The minimum Gasteiger partial charge on any atom is -0.339 e. The Kier molecular flexibility index (Phi) is 7.45. The van der Waals surface area contributed by atoms with E-state index < -0.39 is 0 Å². The highest BCUT2D eigenvalue weighted by Gasteiger charge is 2.23. The van der Waals surface area contributed by atoms with Gasteiger partial charge < -0.3 is 15.2 Å². The molecule has 35 heavy (non-hydrogen) atoms. The predicted molar refractivity (Wildman–Crippen MR) is 137 cm³/mol. The van der Waals surface area contributed by atoms with E-state index in [1.165, 1.54) is 6.07 Å². The first-order valence-corrected chi connectivity index (χ1v) is 11.5. The van der Waals surface area contributed by atoms with Gasteiger partial charge in [0, 0.05) is 38.6 Å². The van der Waals surface area contributed by atoms with Gasteiger partial charge in [0.1, 0.15) is 5.82 Å². The molecule has 0 unspecified atom stereocenters. The van der Waals surface area contributed by atoms with Crippen molar-refractivity contribution in [2.45, 2.75) is 13.3 Å². The summed E-state index contributed by atoms with van der Waals surface area (Å²) in [5, 5.41) is 8.58. The van der Waals surface area contributed by atoms with Crippen LogP contribution in [0.5, 0.6) is 0 Å². The van der Waals surface area contributed by atoms with Crippen LogP contribution in [0.25, 0.3) is 5.57 Å². The van der Waals surface area contributed by atoms with E-state index in [4.69, 9.17) is 5.41 Å². The van der Waals surface area contributed by atoms with Crippen LogP contribution in [-0.4, -0.2) is 52.7 Å². The van der Waals surface area contributed by atoms with Gasteiger partial charge in [0.25, 0.3) is 0 Å². The van der Waals surface area contributed by atoms with Crippen molar-refractivity contribution in [1.29, 1.82) is 5.41 Å². The molecule has 1 aromatic heterocycles. The highest BCUT2D eigenvalue weighted by atomic mass is 19.1. The van der Waals surface area contributed by atoms with Gasteiger partial charge in [-0.15, -0.1) is 0 Å². The number of allylic oxidation sites excluding steroid dienone is 2. The number of nitrogens with zero attached hydrogens (tertiary/aromatic N) is 4. The van der Waals surface area contributed by atoms with Gasteiger partial charge in [0.2, 0.25) is 11.9 Å². The van der Waals surface area contributed by atoms with Crippen LogP contribution in [0.2, 0.25) is 0 Å². The number of rotatable bonds is 7. The number of aromatic nitrogens is 2. The zero-order chi connectivity index (χ0) is 24.8. The second-order valence-corrected chi connectivity index (χ2v) is 8.50. The van der Waals surface area contributed by atoms with Gasteiger partial charge in [0.15, 0.2) is 0 Å². The normalized spacial score (nSPS) is 14.1. The topological polar surface area (TPSA) is 73.2 Å². The summed E-state index contributed by atoms with van der Waals surface area (Å²) in [5.74, 6) is 0.341. The number of hydrogen-bond donors (Lipinski definition) is 1. The molecule has 1 aliphatic rings. The van der Waals surface area contributed by atoms with Crippen molar-refractivity contribution in [1.82, 2.24) is 14.9 Å². The SMILES string of the molecule is C=C(CC(=O)N1CCN(c2ncccn2)CC1)/C(=C\C(=N)c1ccccc1)c1ccc(F)c(C)c1. The number of anilines is 1. The van der Waals surface area contributed by atoms with E-state index in [0.717, 1.165) is 11.1 Å². The van der Waals surface area contributed by atoms with Crippen LogP contribution in [0.4, 0.5) is 10.3 Å². The van der Waals surface area contributed by atoms with Crippen molar-refractivity contribution in [2.24, 2.45) is 0 Å². The van der Waals surface area contributed by atoms with Crippen LogP contribution < -0.4 is 4.90 Å². The van der Waals surface area contributed by atoms with Gasteiger partial charge in [-0.1, -0.05) is 43.0 Å². The van der Waals surface area contributed by atoms with Crippen LogP contribution >= 0.6 is 0 Å². The molecule has 4 rings (SSSR count). The largest absolute Gasteiger partial charge is 0.339 e. The molecule has 0 radical (unpaired) electrons. The summed E-state index contributed by atoms with van der Waals surface area (Å²) in [7, 11) is 0. The van der Waals surface area contributed by atoms with Gasteiger partial charge in [0.05, 0.1) is 12.1 Å². The fourth-order valence-electron chi connectivity index (χ4n) is 4.05. The fourth-order valence-corrected chi connectivity index (χ4v) is 4.05. The second-order valence-electron chi connectivity index (χ2n) is 8.50. The minimum atomic E-state index is -0.298. The molecule has 0 atom stereocenters. The maximum Gasteiger partial charge on any atom is 0.227 e. The summed E-state index contributed by atoms with van der Waals surface area (Å²) in [6, 6.07) is 15.9. The lowest BCUT2D eigenvalue weighted by molar-refractivity contribution is -0.130. The molecule has 0 bridgehead atoms. The molecule has 1 N–H and O–H groups in total. The number of piperazine rings is 1. The third-order valence-electron chi connectivity index (χ3n) is 6.06. The molecule has 6 nitrogen and oxygen atoms in total. The molecule has 1 fully saturated rings. The summed E-state index contributed by atoms with van der Waals surface area (Å²) >= 11 is 0. The van der Waals surface area contributed by atoms with Crippen molar-refractivity contribution < 1.29 is 9.18 Å². The highest BCUT2D eigenvalue weighted by molar-refractivity contribution is 6.12. The lowest BCUT2D eigenvalue weighted by Crippen LogP contribution is -2.49. The standard InChI is InChI=1S/C28H28FN5O/c1-20(18-27(35)33-13-15-34(16-14-33)28-31-11-6-12-32-28)24(23-9-10-25(29)21(2)17-23)19-26(30)22-7-4-3-5-8-22/h3-12,17,19,30H,1,13-16,18H2,2H3/b24-19+,30-26?. The van der Waals surface area contributed by atoms with Crippen LogP contribution in [0.1, 0.15) is 23.1 Å². The average Bonchev–Trinajstić information content (AvgIpc) is 2.90. The maximum absolute atomic E-state index is 13.9. The van der Waals surface area contributed by atoms with Crippen molar-refractivity contribution in [3.8, 4) is 0 Å². The Balaban J connectivity index is 1.50. The highest BCUT2D eigenvalue weighted by Crippen LogP contribution is 2.27. The predicted octanol–water partition coefficient (Wildman–Crippen LogP) is 4.67. The summed E-state index contributed by atoms with van der Waals surface area (Å²) in [6.07, 6.45) is 5.25. The molecule has 2 heterocycles. The Morgan fingerprint density at radius 2 is 1.71 bits per heavy atom. The Morgan fingerprint density at radius 1 is 1.03 bits per heavy atom. The van der Waals surface area contributed by atoms with Crippen molar-refractivity contribution >= 4 is 23.1 Å². The van der Waals surface area contributed by atoms with Gasteiger partial charge >= 0.3 is 0 Å². The third-order valence-corrected chi connectivity index (χ3v) is 6.06.